The highest BCUT2D eigenvalue weighted by Crippen LogP contribution is 2.28. The Morgan fingerprint density at radius 1 is 1.03 bits per heavy atom. The summed E-state index contributed by atoms with van der Waals surface area (Å²) in [6, 6.07) is 17.0. The number of hydrogen-bond acceptors (Lipinski definition) is 5. The minimum absolute atomic E-state index is 0.0284. The molecular formula is C24H31N2O5+. The number of carbonyl (C=O) groups excluding carboxylic acids is 1. The van der Waals surface area contributed by atoms with Crippen LogP contribution in [0.1, 0.15) is 20.3 Å². The highest BCUT2D eigenvalue weighted by Gasteiger charge is 2.51. The fraction of sp³-hybridized carbons (Fsp3) is 0.458. The molecular weight excluding hydrogens is 396 g/mol. The van der Waals surface area contributed by atoms with Gasteiger partial charge >= 0.3 is 6.09 Å². The van der Waals surface area contributed by atoms with Crippen molar-refractivity contribution in [1.82, 2.24) is 0 Å². The van der Waals surface area contributed by atoms with Gasteiger partial charge < -0.3 is 24.3 Å². The number of para-hydroxylation sites is 1. The summed E-state index contributed by atoms with van der Waals surface area (Å²) >= 11 is 0. The molecule has 31 heavy (non-hydrogen) atoms. The summed E-state index contributed by atoms with van der Waals surface area (Å²) in [5.74, 6) is 2.13. The number of quaternary nitrogens is 1. The van der Waals surface area contributed by atoms with Gasteiger partial charge in [-0.15, -0.1) is 0 Å². The van der Waals surface area contributed by atoms with Crippen LogP contribution in [0.3, 0.4) is 0 Å². The third kappa shape index (κ3) is 5.76. The Bertz CT molecular complexity index is 843. The number of ether oxygens (including phenoxy) is 4. The summed E-state index contributed by atoms with van der Waals surface area (Å²) in [6.07, 6.45) is 0.0221. The van der Waals surface area contributed by atoms with Gasteiger partial charge in [-0.3, -0.25) is 5.32 Å². The predicted octanol–water partition coefficient (Wildman–Crippen LogP) is 3.17. The highest BCUT2D eigenvalue weighted by molar-refractivity contribution is 5.84. The number of anilines is 1. The van der Waals surface area contributed by atoms with Crippen LogP contribution in [-0.4, -0.2) is 50.2 Å². The van der Waals surface area contributed by atoms with Crippen molar-refractivity contribution in [2.75, 3.05) is 25.1 Å². The third-order valence-corrected chi connectivity index (χ3v) is 5.60. The standard InChI is InChI=1S/C24H30N2O5/c1-16(2)12-13-25-20-14-28-23-21(15-29-22(20)23)31-24(27)26-17-8-10-19(11-9-17)30-18-6-4-3-5-7-18/h3-11,16,20-23,25H,12-15H2,1-2H3,(H,26,27)/p+1/t20-,21+,22+,23+/m0/s1. The van der Waals surface area contributed by atoms with Crippen LogP contribution in [0.5, 0.6) is 11.5 Å². The van der Waals surface area contributed by atoms with E-state index in [2.05, 4.69) is 24.5 Å². The molecule has 0 aliphatic carbocycles. The second kappa shape index (κ2) is 10.1. The molecule has 4 rings (SSSR count). The number of carbonyl (C=O) groups is 1. The van der Waals surface area contributed by atoms with Gasteiger partial charge in [0.25, 0.3) is 0 Å². The number of hydrogen-bond donors (Lipinski definition) is 2. The molecule has 3 N–H and O–H groups in total. The fourth-order valence-electron chi connectivity index (χ4n) is 3.96. The second-order valence-corrected chi connectivity index (χ2v) is 8.47. The van der Waals surface area contributed by atoms with Gasteiger partial charge in [-0.25, -0.2) is 4.79 Å². The first-order valence-electron chi connectivity index (χ1n) is 11.0. The number of fused-ring (bicyclic) bond motifs is 1. The zero-order valence-electron chi connectivity index (χ0n) is 18.0. The first-order chi connectivity index (χ1) is 15.1. The molecule has 2 fully saturated rings. The first kappa shape index (κ1) is 21.6. The van der Waals surface area contributed by atoms with Gasteiger partial charge in [-0.05, 0) is 48.7 Å². The van der Waals surface area contributed by atoms with Crippen molar-refractivity contribution in [3.05, 3.63) is 54.6 Å². The largest absolute Gasteiger partial charge is 0.457 e. The van der Waals surface area contributed by atoms with Crippen LogP contribution in [0, 0.1) is 5.92 Å². The maximum atomic E-state index is 12.4. The summed E-state index contributed by atoms with van der Waals surface area (Å²) in [6.45, 7) is 6.48. The van der Waals surface area contributed by atoms with Crippen LogP contribution in [-0.2, 0) is 14.2 Å². The van der Waals surface area contributed by atoms with E-state index >= 15 is 0 Å². The maximum absolute atomic E-state index is 12.4. The highest BCUT2D eigenvalue weighted by atomic mass is 16.6. The summed E-state index contributed by atoms with van der Waals surface area (Å²) in [5, 5.41) is 5.06. The Hall–Kier alpha value is -2.61. The number of nitrogens with one attached hydrogen (secondary N) is 1. The van der Waals surface area contributed by atoms with Crippen molar-refractivity contribution in [3.63, 3.8) is 0 Å². The first-order valence-corrected chi connectivity index (χ1v) is 11.0. The van der Waals surface area contributed by atoms with E-state index in [4.69, 9.17) is 18.9 Å². The van der Waals surface area contributed by atoms with Crippen molar-refractivity contribution in [2.45, 2.75) is 44.6 Å². The van der Waals surface area contributed by atoms with Crippen molar-refractivity contribution in [2.24, 2.45) is 5.92 Å². The molecule has 2 aliphatic rings. The van der Waals surface area contributed by atoms with Gasteiger partial charge in [0, 0.05) is 5.69 Å². The van der Waals surface area contributed by atoms with Gasteiger partial charge in [0.15, 0.2) is 6.10 Å². The van der Waals surface area contributed by atoms with E-state index in [0.29, 0.717) is 30.6 Å². The Balaban J connectivity index is 1.24. The summed E-state index contributed by atoms with van der Waals surface area (Å²) in [7, 11) is 0. The van der Waals surface area contributed by atoms with Gasteiger partial charge in [-0.1, -0.05) is 32.0 Å². The molecule has 166 valence electrons. The van der Waals surface area contributed by atoms with E-state index in [9.17, 15) is 4.79 Å². The monoisotopic (exact) mass is 427 g/mol. The minimum Gasteiger partial charge on any atom is -0.457 e. The van der Waals surface area contributed by atoms with E-state index in [1.165, 1.54) is 0 Å². The van der Waals surface area contributed by atoms with Crippen molar-refractivity contribution in [1.29, 1.82) is 0 Å². The molecule has 2 heterocycles. The van der Waals surface area contributed by atoms with Crippen LogP contribution in [0.25, 0.3) is 0 Å². The number of rotatable bonds is 8. The molecule has 0 aromatic heterocycles. The van der Waals surface area contributed by atoms with Crippen molar-refractivity contribution >= 4 is 11.8 Å². The quantitative estimate of drug-likeness (QED) is 0.676. The third-order valence-electron chi connectivity index (χ3n) is 5.60. The SMILES string of the molecule is CC(C)CC[NH2+][C@H]1CO[C@H]2[C@@H]1OC[C@H]2OC(=O)Nc1ccc(Oc2ccccc2)cc1. The molecule has 1 amide bonds. The molecule has 2 aromatic rings. The molecule has 2 aliphatic heterocycles. The molecule has 0 unspecified atom stereocenters. The maximum Gasteiger partial charge on any atom is 0.412 e. The van der Waals surface area contributed by atoms with Gasteiger partial charge in [-0.2, -0.15) is 0 Å². The summed E-state index contributed by atoms with van der Waals surface area (Å²) < 4.78 is 23.2. The Morgan fingerprint density at radius 2 is 1.74 bits per heavy atom. The lowest BCUT2D eigenvalue weighted by Gasteiger charge is -2.17. The smallest absolute Gasteiger partial charge is 0.412 e. The Morgan fingerprint density at radius 3 is 2.48 bits per heavy atom. The molecule has 0 spiro atoms. The number of nitrogens with two attached hydrogens (primary N) is 1. The molecule has 0 radical (unpaired) electrons. The van der Waals surface area contributed by atoms with Crippen LogP contribution >= 0.6 is 0 Å². The lowest BCUT2D eigenvalue weighted by atomic mass is 10.1. The van der Waals surface area contributed by atoms with Gasteiger partial charge in [0.2, 0.25) is 0 Å². The molecule has 4 atom stereocenters. The normalized spacial score (nSPS) is 24.7. The van der Waals surface area contributed by atoms with E-state index in [-0.39, 0.29) is 18.2 Å². The van der Waals surface area contributed by atoms with Crippen molar-refractivity contribution < 1.29 is 29.1 Å². The average molecular weight is 428 g/mol. The molecule has 0 saturated carbocycles. The van der Waals surface area contributed by atoms with Gasteiger partial charge in [0.05, 0.1) is 13.2 Å². The summed E-state index contributed by atoms with van der Waals surface area (Å²) in [4.78, 5) is 12.4. The Labute approximate surface area is 183 Å². The molecule has 7 nitrogen and oxygen atoms in total. The van der Waals surface area contributed by atoms with Crippen LogP contribution < -0.4 is 15.4 Å². The zero-order valence-corrected chi connectivity index (χ0v) is 18.0. The summed E-state index contributed by atoms with van der Waals surface area (Å²) in [5.41, 5.74) is 0.633. The topological polar surface area (TPSA) is 82.6 Å². The molecule has 7 heteroatoms. The fourth-order valence-corrected chi connectivity index (χ4v) is 3.96. The minimum atomic E-state index is -0.512. The van der Waals surface area contributed by atoms with Crippen molar-refractivity contribution in [3.8, 4) is 11.5 Å². The zero-order chi connectivity index (χ0) is 21.6. The molecule has 2 saturated heterocycles. The number of amides is 1. The van der Waals surface area contributed by atoms with E-state index in [0.717, 1.165) is 18.7 Å². The molecule has 0 bridgehead atoms. The van der Waals surface area contributed by atoms with E-state index in [1.54, 1.807) is 24.3 Å². The van der Waals surface area contributed by atoms with Crippen LogP contribution in [0.4, 0.5) is 10.5 Å². The van der Waals surface area contributed by atoms with Gasteiger partial charge in [0.1, 0.15) is 36.4 Å². The number of benzene rings is 2. The Kier molecular flexibility index (Phi) is 7.06. The average Bonchev–Trinajstić information content (AvgIpc) is 3.33. The molecule has 2 aromatic carbocycles. The second-order valence-electron chi connectivity index (χ2n) is 8.47. The predicted molar refractivity (Wildman–Crippen MR) is 116 cm³/mol. The van der Waals surface area contributed by atoms with Crippen LogP contribution in [0.15, 0.2) is 54.6 Å². The van der Waals surface area contributed by atoms with Crippen LogP contribution in [0.2, 0.25) is 0 Å². The lowest BCUT2D eigenvalue weighted by Crippen LogP contribution is -2.93. The lowest BCUT2D eigenvalue weighted by molar-refractivity contribution is -0.693. The van der Waals surface area contributed by atoms with E-state index < -0.39 is 12.2 Å². The van der Waals surface area contributed by atoms with E-state index in [1.807, 2.05) is 30.3 Å².